The van der Waals surface area contributed by atoms with Gasteiger partial charge in [0, 0.05) is 51.0 Å². The first-order chi connectivity index (χ1) is 15.2. The number of benzene rings is 1. The summed E-state index contributed by atoms with van der Waals surface area (Å²) in [5.74, 6) is 1.68. The van der Waals surface area contributed by atoms with Gasteiger partial charge in [-0.25, -0.2) is 0 Å². The number of anilines is 2. The number of nitrogens with zero attached hydrogens (tertiary/aromatic N) is 3. The molecule has 3 fully saturated rings. The van der Waals surface area contributed by atoms with Gasteiger partial charge >= 0.3 is 0 Å². The Balaban J connectivity index is 0.00000306. The molecule has 0 unspecified atom stereocenters. The van der Waals surface area contributed by atoms with Crippen molar-refractivity contribution >= 4 is 23.8 Å². The predicted octanol–water partition coefficient (Wildman–Crippen LogP) is 6.57. The van der Waals surface area contributed by atoms with E-state index in [1.54, 1.807) is 5.56 Å². The zero-order valence-corrected chi connectivity index (χ0v) is 22.9. The van der Waals surface area contributed by atoms with Gasteiger partial charge in [0.05, 0.1) is 12.8 Å². The second kappa shape index (κ2) is 10.6. The summed E-state index contributed by atoms with van der Waals surface area (Å²) in [7, 11) is 1.85. The second-order valence-electron chi connectivity index (χ2n) is 12.2. The number of halogens is 1. The molecule has 2 heterocycles. The van der Waals surface area contributed by atoms with Crippen LogP contribution in [0, 0.1) is 10.8 Å². The molecular weight excluding hydrogens is 430 g/mol. The zero-order valence-electron chi connectivity index (χ0n) is 22.1. The van der Waals surface area contributed by atoms with Crippen molar-refractivity contribution in [2.75, 3.05) is 62.7 Å². The van der Waals surface area contributed by atoms with Gasteiger partial charge < -0.3 is 14.5 Å². The van der Waals surface area contributed by atoms with E-state index >= 15 is 0 Å². The fourth-order valence-electron chi connectivity index (χ4n) is 7.14. The first-order valence-electron chi connectivity index (χ1n) is 13.2. The van der Waals surface area contributed by atoms with Gasteiger partial charge in [-0.15, -0.1) is 12.4 Å². The first kappa shape index (κ1) is 26.5. The fourth-order valence-corrected chi connectivity index (χ4v) is 7.14. The van der Waals surface area contributed by atoms with Crippen LogP contribution >= 0.6 is 12.4 Å². The molecule has 0 radical (unpaired) electrons. The highest BCUT2D eigenvalue weighted by atomic mass is 35.5. The van der Waals surface area contributed by atoms with Crippen LogP contribution in [0.4, 0.5) is 11.4 Å². The van der Waals surface area contributed by atoms with Crippen LogP contribution in [-0.4, -0.2) is 57.8 Å². The summed E-state index contributed by atoms with van der Waals surface area (Å²) in [6.45, 7) is 20.3. The SMILES string of the molecule is CCCN1CCN(c2cc(OC)c(N3CCCC3)cc2C2CC(C)(C)CC(C)(C)C2)CC1.Cl. The maximum absolute atomic E-state index is 5.99. The third kappa shape index (κ3) is 6.11. The summed E-state index contributed by atoms with van der Waals surface area (Å²) < 4.78 is 5.99. The van der Waals surface area contributed by atoms with Crippen molar-refractivity contribution in [2.24, 2.45) is 10.8 Å². The lowest BCUT2D eigenvalue weighted by Crippen LogP contribution is -2.47. The Hall–Kier alpha value is -1.13. The lowest BCUT2D eigenvalue weighted by molar-refractivity contribution is 0.0970. The van der Waals surface area contributed by atoms with Crippen LogP contribution in [0.25, 0.3) is 0 Å². The van der Waals surface area contributed by atoms with E-state index in [-0.39, 0.29) is 12.4 Å². The van der Waals surface area contributed by atoms with Gasteiger partial charge in [0.2, 0.25) is 0 Å². The minimum Gasteiger partial charge on any atom is -0.495 e. The smallest absolute Gasteiger partial charge is 0.144 e. The van der Waals surface area contributed by atoms with Crippen LogP contribution in [0.2, 0.25) is 0 Å². The van der Waals surface area contributed by atoms with Gasteiger partial charge in [-0.2, -0.15) is 0 Å². The highest BCUT2D eigenvalue weighted by Crippen LogP contribution is 2.54. The molecule has 188 valence electrons. The highest BCUT2D eigenvalue weighted by molar-refractivity contribution is 5.85. The summed E-state index contributed by atoms with van der Waals surface area (Å²) in [6, 6.07) is 4.94. The van der Waals surface area contributed by atoms with Crippen LogP contribution in [0.5, 0.6) is 5.75 Å². The molecule has 1 saturated carbocycles. The van der Waals surface area contributed by atoms with Crippen LogP contribution in [0.3, 0.4) is 0 Å². The van der Waals surface area contributed by atoms with Crippen LogP contribution in [0.15, 0.2) is 12.1 Å². The van der Waals surface area contributed by atoms with Crippen molar-refractivity contribution in [3.63, 3.8) is 0 Å². The second-order valence-corrected chi connectivity index (χ2v) is 12.2. The Labute approximate surface area is 209 Å². The zero-order chi connectivity index (χ0) is 22.9. The Kier molecular flexibility index (Phi) is 8.54. The minimum absolute atomic E-state index is 0. The Bertz CT molecular complexity index is 764. The molecule has 0 spiro atoms. The summed E-state index contributed by atoms with van der Waals surface area (Å²) in [6.07, 6.45) is 7.72. The van der Waals surface area contributed by atoms with Crippen molar-refractivity contribution in [2.45, 2.75) is 79.1 Å². The number of hydrogen-bond acceptors (Lipinski definition) is 4. The molecule has 1 aromatic carbocycles. The number of ether oxygens (including phenoxy) is 1. The summed E-state index contributed by atoms with van der Waals surface area (Å²) in [4.78, 5) is 7.84. The van der Waals surface area contributed by atoms with Gasteiger partial charge in [-0.05, 0) is 73.4 Å². The van der Waals surface area contributed by atoms with Gasteiger partial charge in [0.25, 0.3) is 0 Å². The lowest BCUT2D eigenvalue weighted by atomic mass is 9.60. The van der Waals surface area contributed by atoms with Crippen molar-refractivity contribution in [3.05, 3.63) is 17.7 Å². The molecule has 0 aromatic heterocycles. The molecule has 4 nitrogen and oxygen atoms in total. The molecule has 1 aliphatic carbocycles. The molecule has 1 aromatic rings. The van der Waals surface area contributed by atoms with Crippen molar-refractivity contribution in [1.29, 1.82) is 0 Å². The van der Waals surface area contributed by atoms with Crippen molar-refractivity contribution in [1.82, 2.24) is 4.90 Å². The molecule has 0 bridgehead atoms. The van der Waals surface area contributed by atoms with Crippen LogP contribution in [0.1, 0.15) is 84.6 Å². The van der Waals surface area contributed by atoms with Gasteiger partial charge in [0.15, 0.2) is 0 Å². The molecule has 4 rings (SSSR count). The van der Waals surface area contributed by atoms with E-state index < -0.39 is 0 Å². The topological polar surface area (TPSA) is 19.0 Å². The van der Waals surface area contributed by atoms with E-state index in [2.05, 4.69) is 61.5 Å². The van der Waals surface area contributed by atoms with E-state index in [1.807, 2.05) is 7.11 Å². The Morgan fingerprint density at radius 3 is 1.97 bits per heavy atom. The number of piperazine rings is 1. The Morgan fingerprint density at radius 1 is 0.848 bits per heavy atom. The molecule has 2 saturated heterocycles. The summed E-state index contributed by atoms with van der Waals surface area (Å²) in [5.41, 5.74) is 5.13. The minimum atomic E-state index is 0. The fraction of sp³-hybridized carbons (Fsp3) is 0.786. The number of methoxy groups -OCH3 is 1. The predicted molar refractivity (Wildman–Crippen MR) is 145 cm³/mol. The van der Waals surface area contributed by atoms with E-state index in [1.165, 1.54) is 69.5 Å². The van der Waals surface area contributed by atoms with Gasteiger partial charge in [0.1, 0.15) is 5.75 Å². The average Bonchev–Trinajstić information content (AvgIpc) is 3.26. The van der Waals surface area contributed by atoms with Crippen LogP contribution < -0.4 is 14.5 Å². The number of hydrogen-bond donors (Lipinski definition) is 0. The normalized spacial score (nSPS) is 23.5. The molecule has 0 N–H and O–H groups in total. The quantitative estimate of drug-likeness (QED) is 0.461. The molecule has 0 atom stereocenters. The Morgan fingerprint density at radius 2 is 1.42 bits per heavy atom. The molecule has 0 amide bonds. The molecular formula is C28H48ClN3O. The lowest BCUT2D eigenvalue weighted by Gasteiger charge is -2.46. The number of rotatable bonds is 6. The summed E-state index contributed by atoms with van der Waals surface area (Å²) in [5, 5.41) is 0. The molecule has 5 heteroatoms. The summed E-state index contributed by atoms with van der Waals surface area (Å²) >= 11 is 0. The molecule has 2 aliphatic heterocycles. The van der Waals surface area contributed by atoms with Gasteiger partial charge in [-0.1, -0.05) is 34.6 Å². The van der Waals surface area contributed by atoms with E-state index in [4.69, 9.17) is 4.74 Å². The largest absolute Gasteiger partial charge is 0.495 e. The average molecular weight is 478 g/mol. The highest BCUT2D eigenvalue weighted by Gasteiger charge is 2.40. The molecule has 33 heavy (non-hydrogen) atoms. The van der Waals surface area contributed by atoms with Crippen molar-refractivity contribution in [3.8, 4) is 5.75 Å². The van der Waals surface area contributed by atoms with E-state index in [0.717, 1.165) is 31.9 Å². The van der Waals surface area contributed by atoms with E-state index in [0.29, 0.717) is 16.7 Å². The van der Waals surface area contributed by atoms with Crippen LogP contribution in [-0.2, 0) is 0 Å². The standard InChI is InChI=1S/C28H47N3O.ClH/c1-7-10-29-13-15-31(16-14-29)24-18-26(32-6)25(30-11-8-9-12-30)17-23(24)22-19-27(2,3)21-28(4,5)20-22;/h17-18,22H,7-16,19-21H2,1-6H3;1H. The van der Waals surface area contributed by atoms with E-state index in [9.17, 15) is 0 Å². The third-order valence-corrected chi connectivity index (χ3v) is 8.02. The molecule has 3 aliphatic rings. The third-order valence-electron chi connectivity index (χ3n) is 8.02. The maximum atomic E-state index is 5.99. The van der Waals surface area contributed by atoms with Crippen molar-refractivity contribution < 1.29 is 4.74 Å². The first-order valence-corrected chi connectivity index (χ1v) is 13.2. The monoisotopic (exact) mass is 477 g/mol. The van der Waals surface area contributed by atoms with Gasteiger partial charge in [-0.3, -0.25) is 4.90 Å². The maximum Gasteiger partial charge on any atom is 0.144 e.